The highest BCUT2D eigenvalue weighted by Gasteiger charge is 2.16. The molecule has 2 amide bonds. The first-order valence-electron chi connectivity index (χ1n) is 5.18. The van der Waals surface area contributed by atoms with Crippen LogP contribution in [0.5, 0.6) is 0 Å². The summed E-state index contributed by atoms with van der Waals surface area (Å²) < 4.78 is 0. The van der Waals surface area contributed by atoms with Crippen LogP contribution in [0.15, 0.2) is 18.6 Å². The monoisotopic (exact) mass is 206 g/mol. The van der Waals surface area contributed by atoms with E-state index in [2.05, 4.69) is 15.3 Å². The number of nitrogens with one attached hydrogen (secondary N) is 1. The predicted octanol–water partition coefficient (Wildman–Crippen LogP) is 1.49. The Labute approximate surface area is 88.5 Å². The minimum Gasteiger partial charge on any atom is -0.325 e. The summed E-state index contributed by atoms with van der Waals surface area (Å²) in [5, 5.41) is 2.75. The molecule has 0 bridgehead atoms. The number of hydrogen-bond donors (Lipinski definition) is 1. The van der Waals surface area contributed by atoms with Crippen LogP contribution in [0.3, 0.4) is 0 Å². The zero-order valence-corrected chi connectivity index (χ0v) is 8.52. The maximum absolute atomic E-state index is 11.7. The van der Waals surface area contributed by atoms with Crippen LogP contribution in [0.25, 0.3) is 0 Å². The van der Waals surface area contributed by atoms with E-state index in [1.807, 2.05) is 4.90 Å². The van der Waals surface area contributed by atoms with Crippen molar-refractivity contribution in [2.24, 2.45) is 0 Å². The minimum atomic E-state index is -0.0617. The smallest absolute Gasteiger partial charge is 0.323 e. The van der Waals surface area contributed by atoms with Gasteiger partial charge in [0.2, 0.25) is 0 Å². The van der Waals surface area contributed by atoms with Gasteiger partial charge < -0.3 is 4.90 Å². The van der Waals surface area contributed by atoms with Gasteiger partial charge in [0.25, 0.3) is 0 Å². The number of aromatic nitrogens is 2. The van der Waals surface area contributed by atoms with Crippen LogP contribution >= 0.6 is 0 Å². The molecule has 1 aliphatic rings. The Bertz CT molecular complexity index is 321. The SMILES string of the molecule is O=C(Nc1ccncn1)N1CCCCC1. The van der Waals surface area contributed by atoms with Crippen molar-refractivity contribution in [3.05, 3.63) is 18.6 Å². The molecule has 15 heavy (non-hydrogen) atoms. The van der Waals surface area contributed by atoms with Crippen LogP contribution < -0.4 is 5.32 Å². The van der Waals surface area contributed by atoms with Crippen molar-refractivity contribution in [1.82, 2.24) is 14.9 Å². The largest absolute Gasteiger partial charge is 0.325 e. The van der Waals surface area contributed by atoms with Crippen LogP contribution in [0.1, 0.15) is 19.3 Å². The van der Waals surface area contributed by atoms with Crippen molar-refractivity contribution in [1.29, 1.82) is 0 Å². The summed E-state index contributed by atoms with van der Waals surface area (Å²) >= 11 is 0. The fourth-order valence-electron chi connectivity index (χ4n) is 1.65. The summed E-state index contributed by atoms with van der Waals surface area (Å²) in [6.45, 7) is 1.69. The highest BCUT2D eigenvalue weighted by Crippen LogP contribution is 2.10. The number of carbonyl (C=O) groups excluding carboxylic acids is 1. The van der Waals surface area contributed by atoms with Crippen molar-refractivity contribution in [2.75, 3.05) is 18.4 Å². The number of nitrogens with zero attached hydrogens (tertiary/aromatic N) is 3. The zero-order chi connectivity index (χ0) is 10.5. The topological polar surface area (TPSA) is 58.1 Å². The zero-order valence-electron chi connectivity index (χ0n) is 8.52. The first-order valence-corrected chi connectivity index (χ1v) is 5.18. The Hall–Kier alpha value is -1.65. The first-order chi connectivity index (χ1) is 7.36. The van der Waals surface area contributed by atoms with Gasteiger partial charge in [-0.1, -0.05) is 0 Å². The van der Waals surface area contributed by atoms with Crippen LogP contribution in [-0.2, 0) is 0 Å². The summed E-state index contributed by atoms with van der Waals surface area (Å²) in [5.41, 5.74) is 0. The van der Waals surface area contributed by atoms with Gasteiger partial charge in [0.05, 0.1) is 0 Å². The molecule has 5 nitrogen and oxygen atoms in total. The first kappa shape index (κ1) is 9.89. The molecule has 0 aliphatic carbocycles. The molecule has 5 heteroatoms. The van der Waals surface area contributed by atoms with E-state index in [1.54, 1.807) is 12.3 Å². The standard InChI is InChI=1S/C10H14N4O/c15-10(14-6-2-1-3-7-14)13-9-4-5-11-8-12-9/h4-5,8H,1-3,6-7H2,(H,11,12,13,15). The Morgan fingerprint density at radius 2 is 2.13 bits per heavy atom. The number of carbonyl (C=O) groups is 1. The highest BCUT2D eigenvalue weighted by atomic mass is 16.2. The molecule has 80 valence electrons. The second-order valence-electron chi connectivity index (χ2n) is 3.57. The van der Waals surface area contributed by atoms with Crippen LogP contribution in [0, 0.1) is 0 Å². The summed E-state index contributed by atoms with van der Waals surface area (Å²) in [5.74, 6) is 0.556. The van der Waals surface area contributed by atoms with E-state index in [0.717, 1.165) is 25.9 Å². The molecule has 1 N–H and O–H groups in total. The van der Waals surface area contributed by atoms with E-state index in [9.17, 15) is 4.79 Å². The summed E-state index contributed by atoms with van der Waals surface area (Å²) in [6, 6.07) is 1.62. The van der Waals surface area contributed by atoms with E-state index in [0.29, 0.717) is 5.82 Å². The fraction of sp³-hybridized carbons (Fsp3) is 0.500. The molecule has 1 aromatic rings. The van der Waals surface area contributed by atoms with Crippen LogP contribution in [-0.4, -0.2) is 34.0 Å². The second-order valence-corrected chi connectivity index (χ2v) is 3.57. The molecule has 0 aromatic carbocycles. The number of hydrogen-bond acceptors (Lipinski definition) is 3. The lowest BCUT2D eigenvalue weighted by Crippen LogP contribution is -2.38. The maximum Gasteiger partial charge on any atom is 0.323 e. The third kappa shape index (κ3) is 2.65. The number of amides is 2. The van der Waals surface area contributed by atoms with E-state index in [1.165, 1.54) is 12.7 Å². The Kier molecular flexibility index (Phi) is 3.11. The number of piperidine rings is 1. The van der Waals surface area contributed by atoms with Gasteiger partial charge >= 0.3 is 6.03 Å². The predicted molar refractivity (Wildman–Crippen MR) is 56.5 cm³/mol. The lowest BCUT2D eigenvalue weighted by molar-refractivity contribution is 0.200. The Morgan fingerprint density at radius 3 is 2.80 bits per heavy atom. The molecule has 0 atom stereocenters. The van der Waals surface area contributed by atoms with Crippen LogP contribution in [0.2, 0.25) is 0 Å². The molecular weight excluding hydrogens is 192 g/mol. The van der Waals surface area contributed by atoms with E-state index in [4.69, 9.17) is 0 Å². The van der Waals surface area contributed by atoms with E-state index >= 15 is 0 Å². The third-order valence-corrected chi connectivity index (χ3v) is 2.46. The molecule has 2 heterocycles. The lowest BCUT2D eigenvalue weighted by Gasteiger charge is -2.26. The van der Waals surface area contributed by atoms with Gasteiger partial charge in [-0.3, -0.25) is 5.32 Å². The van der Waals surface area contributed by atoms with Gasteiger partial charge in [0.15, 0.2) is 0 Å². The van der Waals surface area contributed by atoms with Crippen molar-refractivity contribution in [3.63, 3.8) is 0 Å². The molecule has 0 spiro atoms. The maximum atomic E-state index is 11.7. The van der Waals surface area contributed by atoms with Crippen molar-refractivity contribution in [2.45, 2.75) is 19.3 Å². The number of urea groups is 1. The van der Waals surface area contributed by atoms with Crippen molar-refractivity contribution >= 4 is 11.8 Å². The Morgan fingerprint density at radius 1 is 1.33 bits per heavy atom. The van der Waals surface area contributed by atoms with Gasteiger partial charge in [0, 0.05) is 19.3 Å². The molecule has 0 unspecified atom stereocenters. The molecular formula is C10H14N4O. The van der Waals surface area contributed by atoms with Gasteiger partial charge in [-0.15, -0.1) is 0 Å². The molecule has 0 saturated carbocycles. The quantitative estimate of drug-likeness (QED) is 0.757. The molecule has 1 saturated heterocycles. The summed E-state index contributed by atoms with van der Waals surface area (Å²) in [4.78, 5) is 21.3. The third-order valence-electron chi connectivity index (χ3n) is 2.46. The Balaban J connectivity index is 1.91. The lowest BCUT2D eigenvalue weighted by atomic mass is 10.1. The minimum absolute atomic E-state index is 0.0617. The van der Waals surface area contributed by atoms with Crippen molar-refractivity contribution < 1.29 is 4.79 Å². The molecule has 1 aliphatic heterocycles. The van der Waals surface area contributed by atoms with E-state index < -0.39 is 0 Å². The highest BCUT2D eigenvalue weighted by molar-refractivity contribution is 5.88. The molecule has 0 radical (unpaired) electrons. The number of anilines is 1. The van der Waals surface area contributed by atoms with Gasteiger partial charge in [-0.25, -0.2) is 14.8 Å². The number of likely N-dealkylation sites (tertiary alicyclic amines) is 1. The molecule has 1 fully saturated rings. The van der Waals surface area contributed by atoms with Crippen molar-refractivity contribution in [3.8, 4) is 0 Å². The van der Waals surface area contributed by atoms with E-state index in [-0.39, 0.29) is 6.03 Å². The average Bonchev–Trinajstić information content (AvgIpc) is 2.31. The average molecular weight is 206 g/mol. The second kappa shape index (κ2) is 4.72. The summed E-state index contributed by atoms with van der Waals surface area (Å²) in [6.07, 6.45) is 6.44. The normalized spacial score (nSPS) is 16.1. The van der Waals surface area contributed by atoms with Crippen LogP contribution in [0.4, 0.5) is 10.6 Å². The summed E-state index contributed by atoms with van der Waals surface area (Å²) in [7, 11) is 0. The van der Waals surface area contributed by atoms with Gasteiger partial charge in [0.1, 0.15) is 12.1 Å². The number of rotatable bonds is 1. The fourth-order valence-corrected chi connectivity index (χ4v) is 1.65. The molecule has 1 aromatic heterocycles. The van der Waals surface area contributed by atoms with Gasteiger partial charge in [-0.2, -0.15) is 0 Å². The van der Waals surface area contributed by atoms with Gasteiger partial charge in [-0.05, 0) is 25.3 Å². The molecule has 2 rings (SSSR count).